The summed E-state index contributed by atoms with van der Waals surface area (Å²) in [5, 5.41) is 3.37. The lowest BCUT2D eigenvalue weighted by Crippen LogP contribution is -2.46. The van der Waals surface area contributed by atoms with Crippen LogP contribution in [0.2, 0.25) is 0 Å². The number of rotatable bonds is 3. The minimum Gasteiger partial charge on any atom is -0.319 e. The van der Waals surface area contributed by atoms with Gasteiger partial charge in [-0.1, -0.05) is 12.1 Å². The molecule has 0 spiro atoms. The van der Waals surface area contributed by atoms with Gasteiger partial charge in [-0.2, -0.15) is 0 Å². The van der Waals surface area contributed by atoms with Crippen LogP contribution < -0.4 is 5.32 Å². The number of likely N-dealkylation sites (tertiary alicyclic amines) is 1. The van der Waals surface area contributed by atoms with E-state index >= 15 is 0 Å². The van der Waals surface area contributed by atoms with Gasteiger partial charge in [-0.15, -0.1) is 11.8 Å². The Bertz CT molecular complexity index is 497. The number of amides is 1. The summed E-state index contributed by atoms with van der Waals surface area (Å²) in [6.07, 6.45) is 4.27. The lowest BCUT2D eigenvalue weighted by molar-refractivity contribution is -0.131. The van der Waals surface area contributed by atoms with E-state index in [2.05, 4.69) is 52.7 Å². The molecule has 1 aromatic rings. The Labute approximate surface area is 130 Å². The maximum atomic E-state index is 12.3. The number of benzene rings is 1. The summed E-state index contributed by atoms with van der Waals surface area (Å²) >= 11 is 1.74. The van der Waals surface area contributed by atoms with Crippen LogP contribution in [0.5, 0.6) is 0 Å². The molecule has 1 amide bonds. The van der Waals surface area contributed by atoms with Gasteiger partial charge in [0.2, 0.25) is 5.91 Å². The first-order chi connectivity index (χ1) is 10.2. The number of hydrogen-bond donors (Lipinski definition) is 1. The standard InChI is InChI=1S/C16H23N3OS/c1-18-9-7-13(8-10-18)19-15(20)11-17-16(19)12-3-5-14(21-2)6-4-12/h3-6,13,16-17H,7-11H2,1-2H3. The fourth-order valence-electron chi connectivity index (χ4n) is 3.27. The Kier molecular flexibility index (Phi) is 4.52. The third-order valence-electron chi connectivity index (χ3n) is 4.53. The van der Waals surface area contributed by atoms with Crippen LogP contribution in [0.3, 0.4) is 0 Å². The molecule has 1 aromatic carbocycles. The van der Waals surface area contributed by atoms with Gasteiger partial charge in [-0.05, 0) is 56.9 Å². The molecular weight excluding hydrogens is 282 g/mol. The first kappa shape index (κ1) is 14.9. The number of carbonyl (C=O) groups is 1. The summed E-state index contributed by atoms with van der Waals surface area (Å²) in [5.74, 6) is 0.239. The second-order valence-corrected chi connectivity index (χ2v) is 6.77. The Hall–Kier alpha value is -1.04. The van der Waals surface area contributed by atoms with Crippen molar-refractivity contribution in [3.05, 3.63) is 29.8 Å². The molecule has 1 N–H and O–H groups in total. The van der Waals surface area contributed by atoms with Crippen LogP contribution in [-0.4, -0.2) is 54.7 Å². The van der Waals surface area contributed by atoms with E-state index in [1.807, 2.05) is 0 Å². The molecule has 114 valence electrons. The summed E-state index contributed by atoms with van der Waals surface area (Å²) in [6.45, 7) is 2.61. The average Bonchev–Trinajstić information content (AvgIpc) is 2.90. The van der Waals surface area contributed by atoms with Crippen molar-refractivity contribution < 1.29 is 4.79 Å². The third-order valence-corrected chi connectivity index (χ3v) is 5.27. The van der Waals surface area contributed by atoms with Gasteiger partial charge in [0.25, 0.3) is 0 Å². The molecule has 5 heteroatoms. The van der Waals surface area contributed by atoms with Crippen molar-refractivity contribution in [1.29, 1.82) is 0 Å². The van der Waals surface area contributed by atoms with Gasteiger partial charge < -0.3 is 9.80 Å². The van der Waals surface area contributed by atoms with E-state index in [1.165, 1.54) is 10.5 Å². The summed E-state index contributed by atoms with van der Waals surface area (Å²) in [6, 6.07) is 8.93. The molecule has 4 nitrogen and oxygen atoms in total. The smallest absolute Gasteiger partial charge is 0.238 e. The quantitative estimate of drug-likeness (QED) is 0.866. The lowest BCUT2D eigenvalue weighted by atomic mass is 10.0. The molecule has 0 saturated carbocycles. The zero-order valence-electron chi connectivity index (χ0n) is 12.7. The molecule has 1 unspecified atom stereocenters. The first-order valence-corrected chi connectivity index (χ1v) is 8.78. The van der Waals surface area contributed by atoms with Crippen molar-refractivity contribution >= 4 is 17.7 Å². The number of piperidine rings is 1. The lowest BCUT2D eigenvalue weighted by Gasteiger charge is -2.38. The van der Waals surface area contributed by atoms with Crippen molar-refractivity contribution in [3.63, 3.8) is 0 Å². The van der Waals surface area contributed by atoms with E-state index in [9.17, 15) is 4.79 Å². The fourth-order valence-corrected chi connectivity index (χ4v) is 3.68. The van der Waals surface area contributed by atoms with Gasteiger partial charge in [0, 0.05) is 10.9 Å². The summed E-state index contributed by atoms with van der Waals surface area (Å²) in [4.78, 5) is 18.0. The molecule has 1 atom stereocenters. The van der Waals surface area contributed by atoms with E-state index in [4.69, 9.17) is 0 Å². The average molecular weight is 305 g/mol. The maximum absolute atomic E-state index is 12.3. The van der Waals surface area contributed by atoms with Crippen LogP contribution in [-0.2, 0) is 4.79 Å². The summed E-state index contributed by atoms with van der Waals surface area (Å²) in [5.41, 5.74) is 1.19. The van der Waals surface area contributed by atoms with Crippen molar-refractivity contribution in [2.24, 2.45) is 0 Å². The van der Waals surface area contributed by atoms with Crippen LogP contribution in [0, 0.1) is 0 Å². The first-order valence-electron chi connectivity index (χ1n) is 7.56. The third kappa shape index (κ3) is 3.10. The topological polar surface area (TPSA) is 35.6 Å². The monoisotopic (exact) mass is 305 g/mol. The molecule has 2 aliphatic heterocycles. The van der Waals surface area contributed by atoms with E-state index in [0.717, 1.165) is 25.9 Å². The SMILES string of the molecule is CSc1ccc(C2NCC(=O)N2C2CCN(C)CC2)cc1. The van der Waals surface area contributed by atoms with Gasteiger partial charge in [-0.25, -0.2) is 0 Å². The Balaban J connectivity index is 1.78. The van der Waals surface area contributed by atoms with Crippen molar-refractivity contribution in [1.82, 2.24) is 15.1 Å². The van der Waals surface area contributed by atoms with Crippen molar-refractivity contribution in [2.75, 3.05) is 32.9 Å². The largest absolute Gasteiger partial charge is 0.319 e. The second kappa shape index (κ2) is 6.38. The Morgan fingerprint density at radius 2 is 1.86 bits per heavy atom. The number of hydrogen-bond acceptors (Lipinski definition) is 4. The summed E-state index contributed by atoms with van der Waals surface area (Å²) in [7, 11) is 2.15. The van der Waals surface area contributed by atoms with E-state index in [1.54, 1.807) is 11.8 Å². The highest BCUT2D eigenvalue weighted by Crippen LogP contribution is 2.30. The molecule has 0 aliphatic carbocycles. The zero-order valence-corrected chi connectivity index (χ0v) is 13.5. The molecule has 2 heterocycles. The van der Waals surface area contributed by atoms with E-state index in [0.29, 0.717) is 12.6 Å². The minimum atomic E-state index is 0.0433. The predicted molar refractivity (Wildman–Crippen MR) is 86.3 cm³/mol. The minimum absolute atomic E-state index is 0.0433. The van der Waals surface area contributed by atoms with Crippen molar-refractivity contribution in [2.45, 2.75) is 29.9 Å². The van der Waals surface area contributed by atoms with Gasteiger partial charge in [0.05, 0.1) is 6.54 Å². The van der Waals surface area contributed by atoms with Crippen LogP contribution in [0.1, 0.15) is 24.6 Å². The van der Waals surface area contributed by atoms with Crippen LogP contribution in [0.4, 0.5) is 0 Å². The van der Waals surface area contributed by atoms with Crippen LogP contribution in [0.15, 0.2) is 29.2 Å². The molecule has 0 bridgehead atoms. The highest BCUT2D eigenvalue weighted by atomic mass is 32.2. The number of thioether (sulfide) groups is 1. The second-order valence-electron chi connectivity index (χ2n) is 5.89. The summed E-state index contributed by atoms with van der Waals surface area (Å²) < 4.78 is 0. The van der Waals surface area contributed by atoms with Crippen LogP contribution >= 0.6 is 11.8 Å². The van der Waals surface area contributed by atoms with Gasteiger partial charge in [-0.3, -0.25) is 10.1 Å². The van der Waals surface area contributed by atoms with E-state index < -0.39 is 0 Å². The molecule has 0 aromatic heterocycles. The molecular formula is C16H23N3OS. The normalized spacial score (nSPS) is 24.8. The van der Waals surface area contributed by atoms with Gasteiger partial charge in [0.15, 0.2) is 0 Å². The highest BCUT2D eigenvalue weighted by molar-refractivity contribution is 7.98. The van der Waals surface area contributed by atoms with Crippen LogP contribution in [0.25, 0.3) is 0 Å². The number of nitrogens with zero attached hydrogens (tertiary/aromatic N) is 2. The molecule has 0 radical (unpaired) electrons. The molecule has 21 heavy (non-hydrogen) atoms. The van der Waals surface area contributed by atoms with Gasteiger partial charge >= 0.3 is 0 Å². The predicted octanol–water partition coefficient (Wildman–Crippen LogP) is 1.93. The Morgan fingerprint density at radius 3 is 2.48 bits per heavy atom. The number of carbonyl (C=O) groups excluding carboxylic acids is 1. The fraction of sp³-hybridized carbons (Fsp3) is 0.562. The Morgan fingerprint density at radius 1 is 1.19 bits per heavy atom. The zero-order chi connectivity index (χ0) is 14.8. The number of nitrogens with one attached hydrogen (secondary N) is 1. The van der Waals surface area contributed by atoms with Gasteiger partial charge in [0.1, 0.15) is 6.17 Å². The molecule has 3 rings (SSSR count). The molecule has 2 aliphatic rings. The molecule has 2 fully saturated rings. The molecule has 2 saturated heterocycles. The maximum Gasteiger partial charge on any atom is 0.238 e. The van der Waals surface area contributed by atoms with Crippen molar-refractivity contribution in [3.8, 4) is 0 Å². The van der Waals surface area contributed by atoms with E-state index in [-0.39, 0.29) is 12.1 Å². The highest BCUT2D eigenvalue weighted by Gasteiger charge is 2.37.